The van der Waals surface area contributed by atoms with Gasteiger partial charge in [0.05, 0.1) is 0 Å². The molecular formula is C15H21ClN2. The Hall–Kier alpha value is -0.570. The Morgan fingerprint density at radius 2 is 1.89 bits per heavy atom. The van der Waals surface area contributed by atoms with E-state index in [4.69, 9.17) is 17.4 Å². The van der Waals surface area contributed by atoms with Crippen molar-refractivity contribution in [3.8, 4) is 0 Å². The fraction of sp³-hybridized carbons (Fsp3) is 0.600. The van der Waals surface area contributed by atoms with Crippen LogP contribution in [-0.2, 0) is 6.42 Å². The van der Waals surface area contributed by atoms with Gasteiger partial charge in [0, 0.05) is 11.1 Å². The largest absolute Gasteiger partial charge is 0.271 e. The van der Waals surface area contributed by atoms with E-state index >= 15 is 0 Å². The Morgan fingerprint density at radius 1 is 1.22 bits per heavy atom. The molecule has 3 N–H and O–H groups in total. The van der Waals surface area contributed by atoms with Gasteiger partial charge in [-0.15, -0.1) is 0 Å². The minimum atomic E-state index is 0.387. The lowest BCUT2D eigenvalue weighted by atomic mass is 10.0. The zero-order valence-electron chi connectivity index (χ0n) is 10.6. The Balaban J connectivity index is 1.69. The monoisotopic (exact) mass is 264 g/mol. The van der Waals surface area contributed by atoms with Crippen molar-refractivity contribution in [1.29, 1.82) is 0 Å². The van der Waals surface area contributed by atoms with Gasteiger partial charge in [-0.25, -0.2) is 0 Å². The summed E-state index contributed by atoms with van der Waals surface area (Å²) in [6.45, 7) is 0. The lowest BCUT2D eigenvalue weighted by molar-refractivity contribution is 0.437. The first-order valence-electron chi connectivity index (χ1n) is 7.01. The van der Waals surface area contributed by atoms with E-state index in [1.54, 1.807) is 0 Å². The maximum atomic E-state index is 6.23. The van der Waals surface area contributed by atoms with E-state index < -0.39 is 0 Å². The first-order chi connectivity index (χ1) is 8.81. The number of benzene rings is 1. The van der Waals surface area contributed by atoms with Crippen molar-refractivity contribution in [3.63, 3.8) is 0 Å². The lowest BCUT2D eigenvalue weighted by Gasteiger charge is -2.17. The van der Waals surface area contributed by atoms with E-state index in [1.165, 1.54) is 31.2 Å². The van der Waals surface area contributed by atoms with Crippen molar-refractivity contribution >= 4 is 11.6 Å². The maximum absolute atomic E-state index is 6.23. The molecule has 0 bridgehead atoms. The molecule has 3 unspecified atom stereocenters. The lowest BCUT2D eigenvalue weighted by Crippen LogP contribution is -2.39. The SMILES string of the molecule is NNC(Cc1ccccc1Cl)C1C2CCCCC21. The predicted octanol–water partition coefficient (Wildman–Crippen LogP) is 3.15. The summed E-state index contributed by atoms with van der Waals surface area (Å²) in [6.07, 6.45) is 6.56. The highest BCUT2D eigenvalue weighted by Gasteiger charge is 2.53. The van der Waals surface area contributed by atoms with Crippen molar-refractivity contribution in [1.82, 2.24) is 5.43 Å². The maximum Gasteiger partial charge on any atom is 0.0438 e. The summed E-state index contributed by atoms with van der Waals surface area (Å²) in [6, 6.07) is 8.49. The van der Waals surface area contributed by atoms with Gasteiger partial charge in [-0.3, -0.25) is 11.3 Å². The van der Waals surface area contributed by atoms with Crippen LogP contribution in [-0.4, -0.2) is 6.04 Å². The second-order valence-corrected chi connectivity index (χ2v) is 6.17. The summed E-state index contributed by atoms with van der Waals surface area (Å²) in [5.41, 5.74) is 4.25. The molecule has 0 heterocycles. The second-order valence-electron chi connectivity index (χ2n) is 5.76. The highest BCUT2D eigenvalue weighted by molar-refractivity contribution is 6.31. The van der Waals surface area contributed by atoms with Crippen LogP contribution in [0.3, 0.4) is 0 Å². The number of nitrogens with one attached hydrogen (secondary N) is 1. The van der Waals surface area contributed by atoms with Gasteiger partial charge in [-0.2, -0.15) is 0 Å². The van der Waals surface area contributed by atoms with Crippen LogP contribution in [0.25, 0.3) is 0 Å². The molecule has 2 fully saturated rings. The van der Waals surface area contributed by atoms with E-state index in [0.29, 0.717) is 6.04 Å². The Labute approximate surface area is 114 Å². The highest BCUT2D eigenvalue weighted by Crippen LogP contribution is 2.57. The molecule has 1 aromatic rings. The summed E-state index contributed by atoms with van der Waals surface area (Å²) in [5.74, 6) is 8.38. The molecule has 2 nitrogen and oxygen atoms in total. The van der Waals surface area contributed by atoms with E-state index in [1.807, 2.05) is 12.1 Å². The second kappa shape index (κ2) is 5.20. The van der Waals surface area contributed by atoms with Crippen LogP contribution in [0.1, 0.15) is 31.2 Å². The number of nitrogens with two attached hydrogens (primary N) is 1. The van der Waals surface area contributed by atoms with Crippen LogP contribution >= 0.6 is 11.6 Å². The molecule has 0 aliphatic heterocycles. The zero-order chi connectivity index (χ0) is 12.5. The highest BCUT2D eigenvalue weighted by atomic mass is 35.5. The number of hydrogen-bond acceptors (Lipinski definition) is 2. The fourth-order valence-corrected chi connectivity index (χ4v) is 4.06. The number of hydrazine groups is 1. The molecule has 2 saturated carbocycles. The predicted molar refractivity (Wildman–Crippen MR) is 75.2 cm³/mol. The normalized spacial score (nSPS) is 31.8. The average molecular weight is 265 g/mol. The van der Waals surface area contributed by atoms with Crippen LogP contribution < -0.4 is 11.3 Å². The molecule has 0 spiro atoms. The molecule has 3 atom stereocenters. The molecular weight excluding hydrogens is 244 g/mol. The van der Waals surface area contributed by atoms with Crippen LogP contribution in [0.2, 0.25) is 5.02 Å². The van der Waals surface area contributed by atoms with Crippen molar-refractivity contribution in [3.05, 3.63) is 34.9 Å². The topological polar surface area (TPSA) is 38.0 Å². The minimum absolute atomic E-state index is 0.387. The first kappa shape index (κ1) is 12.5. The first-order valence-corrected chi connectivity index (χ1v) is 7.38. The summed E-state index contributed by atoms with van der Waals surface area (Å²) < 4.78 is 0. The van der Waals surface area contributed by atoms with Gasteiger partial charge >= 0.3 is 0 Å². The van der Waals surface area contributed by atoms with E-state index in [9.17, 15) is 0 Å². The molecule has 0 aromatic heterocycles. The summed E-state index contributed by atoms with van der Waals surface area (Å²) in [4.78, 5) is 0. The van der Waals surface area contributed by atoms with Gasteiger partial charge in [-0.1, -0.05) is 42.6 Å². The van der Waals surface area contributed by atoms with Crippen molar-refractivity contribution in [2.24, 2.45) is 23.6 Å². The van der Waals surface area contributed by atoms with Crippen LogP contribution in [0, 0.1) is 17.8 Å². The van der Waals surface area contributed by atoms with Gasteiger partial charge in [0.25, 0.3) is 0 Å². The van der Waals surface area contributed by atoms with Crippen LogP contribution in [0.5, 0.6) is 0 Å². The van der Waals surface area contributed by atoms with Gasteiger partial charge in [-0.05, 0) is 48.6 Å². The van der Waals surface area contributed by atoms with Crippen LogP contribution in [0.15, 0.2) is 24.3 Å². The third-order valence-corrected chi connectivity index (χ3v) is 5.17. The molecule has 0 radical (unpaired) electrons. The van der Waals surface area contributed by atoms with Crippen molar-refractivity contribution in [2.75, 3.05) is 0 Å². The number of halogens is 1. The molecule has 3 rings (SSSR count). The summed E-state index contributed by atoms with van der Waals surface area (Å²) in [5, 5.41) is 0.862. The third kappa shape index (κ3) is 2.29. The molecule has 0 amide bonds. The third-order valence-electron chi connectivity index (χ3n) is 4.80. The number of fused-ring (bicyclic) bond motifs is 1. The number of hydrogen-bond donors (Lipinski definition) is 2. The van der Waals surface area contributed by atoms with Crippen molar-refractivity contribution < 1.29 is 0 Å². The van der Waals surface area contributed by atoms with Crippen molar-refractivity contribution in [2.45, 2.75) is 38.1 Å². The van der Waals surface area contributed by atoms with Crippen LogP contribution in [0.4, 0.5) is 0 Å². The molecule has 0 saturated heterocycles. The van der Waals surface area contributed by atoms with Gasteiger partial charge in [0.2, 0.25) is 0 Å². The summed E-state index contributed by atoms with van der Waals surface area (Å²) in [7, 11) is 0. The molecule has 3 heteroatoms. The standard InChI is InChI=1S/C15H21ClN2/c16-13-8-4-1-5-10(13)9-14(18-17)15-11-6-2-3-7-12(11)15/h1,4-5,8,11-12,14-15,18H,2-3,6-7,9,17H2. The molecule has 18 heavy (non-hydrogen) atoms. The van der Waals surface area contributed by atoms with Gasteiger partial charge < -0.3 is 0 Å². The molecule has 1 aromatic carbocycles. The van der Waals surface area contributed by atoms with E-state index in [2.05, 4.69) is 17.6 Å². The molecule has 2 aliphatic rings. The Morgan fingerprint density at radius 3 is 2.50 bits per heavy atom. The smallest absolute Gasteiger partial charge is 0.0438 e. The average Bonchev–Trinajstić information content (AvgIpc) is 3.12. The molecule has 98 valence electrons. The zero-order valence-corrected chi connectivity index (χ0v) is 11.4. The summed E-state index contributed by atoms with van der Waals surface area (Å²) >= 11 is 6.23. The van der Waals surface area contributed by atoms with Gasteiger partial charge in [0.15, 0.2) is 0 Å². The molecule has 2 aliphatic carbocycles. The van der Waals surface area contributed by atoms with E-state index in [0.717, 1.165) is 29.2 Å². The van der Waals surface area contributed by atoms with Gasteiger partial charge in [0.1, 0.15) is 0 Å². The number of rotatable bonds is 4. The minimum Gasteiger partial charge on any atom is -0.271 e. The quantitative estimate of drug-likeness (QED) is 0.648. The fourth-order valence-electron chi connectivity index (χ4n) is 3.85. The van der Waals surface area contributed by atoms with E-state index in [-0.39, 0.29) is 0 Å². The Kier molecular flexibility index (Phi) is 3.60. The Bertz CT molecular complexity index is 409.